The molecule has 1 amide bonds. The number of nitrogens with zero attached hydrogens (tertiary/aromatic N) is 5. The number of hydrogen-bond acceptors (Lipinski definition) is 4. The maximum absolute atomic E-state index is 12.9. The summed E-state index contributed by atoms with van der Waals surface area (Å²) in [5, 5.41) is 8.36. The number of amides is 1. The van der Waals surface area contributed by atoms with Gasteiger partial charge in [0.05, 0.1) is 6.54 Å². The average molecular weight is 355 g/mol. The fourth-order valence-corrected chi connectivity index (χ4v) is 3.80. The van der Waals surface area contributed by atoms with Crippen molar-refractivity contribution >= 4 is 11.6 Å². The fourth-order valence-electron chi connectivity index (χ4n) is 3.80. The van der Waals surface area contributed by atoms with Gasteiger partial charge in [0.25, 0.3) is 0 Å². The van der Waals surface area contributed by atoms with E-state index in [2.05, 4.69) is 39.6 Å². The molecule has 0 bridgehead atoms. The SMILES string of the molecule is CCN(C(=O)CN1CCC(c2nncn2CC)CC1)c1ccccc1C. The van der Waals surface area contributed by atoms with Crippen LogP contribution < -0.4 is 4.90 Å². The molecule has 0 atom stereocenters. The second-order valence-electron chi connectivity index (χ2n) is 6.95. The Morgan fingerprint density at radius 2 is 1.96 bits per heavy atom. The average Bonchev–Trinajstić information content (AvgIpc) is 3.13. The normalized spacial score (nSPS) is 16.0. The van der Waals surface area contributed by atoms with E-state index in [-0.39, 0.29) is 5.91 Å². The van der Waals surface area contributed by atoms with E-state index in [1.165, 1.54) is 0 Å². The Hall–Kier alpha value is -2.21. The molecule has 2 heterocycles. The van der Waals surface area contributed by atoms with Gasteiger partial charge in [-0.25, -0.2) is 0 Å². The Kier molecular flexibility index (Phi) is 6.04. The lowest BCUT2D eigenvalue weighted by Gasteiger charge is -2.33. The van der Waals surface area contributed by atoms with Crippen LogP contribution >= 0.6 is 0 Å². The summed E-state index contributed by atoms with van der Waals surface area (Å²) in [6, 6.07) is 8.09. The van der Waals surface area contributed by atoms with Crippen LogP contribution in [0.4, 0.5) is 5.69 Å². The standard InChI is InChI=1S/C20H29N5O/c1-4-24-15-21-22-20(24)17-10-12-23(13-11-17)14-19(26)25(5-2)18-9-7-6-8-16(18)3/h6-9,15,17H,4-5,10-14H2,1-3H3. The van der Waals surface area contributed by atoms with Crippen LogP contribution in [-0.4, -0.2) is 51.8 Å². The van der Waals surface area contributed by atoms with Gasteiger partial charge < -0.3 is 9.47 Å². The van der Waals surface area contributed by atoms with E-state index in [0.29, 0.717) is 19.0 Å². The van der Waals surface area contributed by atoms with Crippen molar-refractivity contribution in [1.29, 1.82) is 0 Å². The molecule has 0 N–H and O–H groups in total. The molecule has 6 nitrogen and oxygen atoms in total. The van der Waals surface area contributed by atoms with Crippen molar-refractivity contribution < 1.29 is 4.79 Å². The zero-order valence-corrected chi connectivity index (χ0v) is 16.1. The minimum atomic E-state index is 0.178. The van der Waals surface area contributed by atoms with Crippen molar-refractivity contribution in [1.82, 2.24) is 19.7 Å². The molecule has 6 heteroatoms. The Labute approximate surface area is 155 Å². The van der Waals surface area contributed by atoms with Crippen LogP contribution in [0.25, 0.3) is 0 Å². The Morgan fingerprint density at radius 1 is 1.23 bits per heavy atom. The van der Waals surface area contributed by atoms with Crippen LogP contribution in [0.2, 0.25) is 0 Å². The number of aromatic nitrogens is 3. The maximum atomic E-state index is 12.9. The molecular weight excluding hydrogens is 326 g/mol. The summed E-state index contributed by atoms with van der Waals surface area (Å²) in [5.41, 5.74) is 2.16. The minimum absolute atomic E-state index is 0.178. The number of anilines is 1. The Balaban J connectivity index is 1.58. The van der Waals surface area contributed by atoms with Crippen molar-refractivity contribution in [2.75, 3.05) is 31.1 Å². The van der Waals surface area contributed by atoms with E-state index < -0.39 is 0 Å². The van der Waals surface area contributed by atoms with Gasteiger partial charge in [0.2, 0.25) is 5.91 Å². The number of rotatable bonds is 6. The van der Waals surface area contributed by atoms with Gasteiger partial charge >= 0.3 is 0 Å². The molecule has 26 heavy (non-hydrogen) atoms. The van der Waals surface area contributed by atoms with Gasteiger partial charge in [-0.15, -0.1) is 10.2 Å². The van der Waals surface area contributed by atoms with Crippen LogP contribution in [0.3, 0.4) is 0 Å². The molecule has 1 saturated heterocycles. The van der Waals surface area contributed by atoms with Crippen molar-refractivity contribution in [3.05, 3.63) is 42.0 Å². The largest absolute Gasteiger partial charge is 0.318 e. The lowest BCUT2D eigenvalue weighted by molar-refractivity contribution is -0.120. The summed E-state index contributed by atoms with van der Waals surface area (Å²) in [6.07, 6.45) is 3.87. The summed E-state index contributed by atoms with van der Waals surface area (Å²) in [4.78, 5) is 17.0. The number of hydrogen-bond donors (Lipinski definition) is 0. The van der Waals surface area contributed by atoms with Gasteiger partial charge in [-0.05, 0) is 58.3 Å². The number of likely N-dealkylation sites (tertiary alicyclic amines) is 1. The van der Waals surface area contributed by atoms with E-state index in [0.717, 1.165) is 49.6 Å². The second-order valence-corrected chi connectivity index (χ2v) is 6.95. The third-order valence-corrected chi connectivity index (χ3v) is 5.32. The number of carbonyl (C=O) groups is 1. The van der Waals surface area contributed by atoms with Gasteiger partial charge in [-0.2, -0.15) is 0 Å². The van der Waals surface area contributed by atoms with E-state index in [4.69, 9.17) is 0 Å². The van der Waals surface area contributed by atoms with Crippen LogP contribution in [0, 0.1) is 6.92 Å². The summed E-state index contributed by atoms with van der Waals surface area (Å²) < 4.78 is 2.13. The highest BCUT2D eigenvalue weighted by molar-refractivity contribution is 5.95. The number of piperidine rings is 1. The van der Waals surface area contributed by atoms with E-state index in [1.807, 2.05) is 36.4 Å². The first kappa shape index (κ1) is 18.6. The summed E-state index contributed by atoms with van der Waals surface area (Å²) >= 11 is 0. The Bertz CT molecular complexity index is 733. The molecule has 0 spiro atoms. The zero-order chi connectivity index (χ0) is 18.5. The third-order valence-electron chi connectivity index (χ3n) is 5.32. The van der Waals surface area contributed by atoms with Gasteiger partial charge in [0.1, 0.15) is 12.2 Å². The molecule has 1 fully saturated rings. The van der Waals surface area contributed by atoms with Crippen LogP contribution in [-0.2, 0) is 11.3 Å². The molecule has 3 rings (SSSR count). The molecule has 0 radical (unpaired) electrons. The summed E-state index contributed by atoms with van der Waals surface area (Å²) in [6.45, 7) is 10.1. The molecule has 1 aromatic carbocycles. The van der Waals surface area contributed by atoms with E-state index in [9.17, 15) is 4.79 Å². The highest BCUT2D eigenvalue weighted by Crippen LogP contribution is 2.27. The smallest absolute Gasteiger partial charge is 0.241 e. The van der Waals surface area contributed by atoms with E-state index in [1.54, 1.807) is 0 Å². The zero-order valence-electron chi connectivity index (χ0n) is 16.1. The molecular formula is C20H29N5O. The number of benzene rings is 1. The number of para-hydroxylation sites is 1. The van der Waals surface area contributed by atoms with Gasteiger partial charge in [0.15, 0.2) is 0 Å². The molecule has 140 valence electrons. The quantitative estimate of drug-likeness (QED) is 0.799. The summed E-state index contributed by atoms with van der Waals surface area (Å²) in [5.74, 6) is 1.72. The van der Waals surface area contributed by atoms with Crippen molar-refractivity contribution in [3.63, 3.8) is 0 Å². The molecule has 0 aliphatic carbocycles. The van der Waals surface area contributed by atoms with Gasteiger partial charge in [-0.1, -0.05) is 18.2 Å². The van der Waals surface area contributed by atoms with Crippen molar-refractivity contribution in [3.8, 4) is 0 Å². The first-order valence-corrected chi connectivity index (χ1v) is 9.60. The predicted octanol–water partition coefficient (Wildman–Crippen LogP) is 2.84. The molecule has 1 aromatic heterocycles. The Morgan fingerprint density at radius 3 is 2.62 bits per heavy atom. The fraction of sp³-hybridized carbons (Fsp3) is 0.550. The first-order chi connectivity index (χ1) is 12.6. The number of aryl methyl sites for hydroxylation is 2. The van der Waals surface area contributed by atoms with Crippen LogP contribution in [0.5, 0.6) is 0 Å². The molecule has 0 unspecified atom stereocenters. The van der Waals surface area contributed by atoms with Crippen molar-refractivity contribution in [2.24, 2.45) is 0 Å². The van der Waals surface area contributed by atoms with Crippen molar-refractivity contribution in [2.45, 2.75) is 46.1 Å². The predicted molar refractivity (Wildman–Crippen MR) is 103 cm³/mol. The third kappa shape index (κ3) is 3.96. The monoisotopic (exact) mass is 355 g/mol. The van der Waals surface area contributed by atoms with Crippen LogP contribution in [0.15, 0.2) is 30.6 Å². The van der Waals surface area contributed by atoms with Gasteiger partial charge in [-0.3, -0.25) is 9.69 Å². The maximum Gasteiger partial charge on any atom is 0.241 e. The van der Waals surface area contributed by atoms with Crippen LogP contribution in [0.1, 0.15) is 44.0 Å². The lowest BCUT2D eigenvalue weighted by Crippen LogP contribution is -2.43. The number of carbonyl (C=O) groups excluding carboxylic acids is 1. The van der Waals surface area contributed by atoms with Gasteiger partial charge in [0, 0.05) is 24.7 Å². The molecule has 1 aliphatic heterocycles. The molecule has 1 aliphatic rings. The first-order valence-electron chi connectivity index (χ1n) is 9.60. The summed E-state index contributed by atoms with van der Waals surface area (Å²) in [7, 11) is 0. The molecule has 2 aromatic rings. The molecule has 0 saturated carbocycles. The lowest BCUT2D eigenvalue weighted by atomic mass is 9.96. The van der Waals surface area contributed by atoms with E-state index >= 15 is 0 Å². The topological polar surface area (TPSA) is 54.3 Å². The second kappa shape index (κ2) is 8.45. The highest BCUT2D eigenvalue weighted by Gasteiger charge is 2.26. The minimum Gasteiger partial charge on any atom is -0.318 e. The highest BCUT2D eigenvalue weighted by atomic mass is 16.2. The number of likely N-dealkylation sites (N-methyl/N-ethyl adjacent to an activating group) is 1.